The van der Waals surface area contributed by atoms with Gasteiger partial charge in [0, 0.05) is 6.42 Å². The minimum Gasteiger partial charge on any atom is -0.394 e. The van der Waals surface area contributed by atoms with Crippen molar-refractivity contribution in [2.45, 2.75) is 299 Å². The molecule has 0 aromatic rings. The first-order valence-corrected chi connectivity index (χ1v) is 27.4. The van der Waals surface area contributed by atoms with Gasteiger partial charge < -0.3 is 65.1 Å². The van der Waals surface area contributed by atoms with Gasteiger partial charge in [-0.1, -0.05) is 199 Å². The maximum Gasteiger partial charge on any atom is 0.220 e. The van der Waals surface area contributed by atoms with Gasteiger partial charge in [0.2, 0.25) is 5.91 Å². The lowest BCUT2D eigenvalue weighted by Crippen LogP contribution is -2.65. The zero-order chi connectivity index (χ0) is 48.9. The van der Waals surface area contributed by atoms with Gasteiger partial charge in [-0.05, 0) is 32.1 Å². The quantitative estimate of drug-likeness (QED) is 0.0209. The molecule has 0 spiro atoms. The van der Waals surface area contributed by atoms with E-state index in [4.69, 9.17) is 18.9 Å². The minimum atomic E-state index is -1.78. The van der Waals surface area contributed by atoms with Gasteiger partial charge in [0.25, 0.3) is 0 Å². The highest BCUT2D eigenvalue weighted by Gasteiger charge is 2.51. The van der Waals surface area contributed by atoms with E-state index in [0.717, 1.165) is 64.2 Å². The van der Waals surface area contributed by atoms with Gasteiger partial charge in [-0.25, -0.2) is 0 Å². The Bertz CT molecular complexity index is 1180. The SMILES string of the molecule is CCCC/C=C\CCCCCCCC(=O)NC(COC1OC(CO)C(OC2OC(CO)C(O)C(O)C2O)C(O)C1O)C(O)CCCCCCCCCCCCCCCCCCCCCCCC. The Morgan fingerprint density at radius 1 is 0.522 bits per heavy atom. The summed E-state index contributed by atoms with van der Waals surface area (Å²) in [5.41, 5.74) is 0. The van der Waals surface area contributed by atoms with Crippen LogP contribution in [-0.4, -0.2) is 140 Å². The van der Waals surface area contributed by atoms with E-state index >= 15 is 0 Å². The maximum absolute atomic E-state index is 13.2. The van der Waals surface area contributed by atoms with Crippen LogP contribution in [0.1, 0.15) is 226 Å². The summed E-state index contributed by atoms with van der Waals surface area (Å²) in [7, 11) is 0. The summed E-state index contributed by atoms with van der Waals surface area (Å²) in [6.07, 6.45) is 26.5. The van der Waals surface area contributed by atoms with Crippen LogP contribution in [0.15, 0.2) is 12.2 Å². The molecule has 0 aliphatic carbocycles. The normalized spacial score (nSPS) is 26.6. The molecule has 0 bridgehead atoms. The van der Waals surface area contributed by atoms with Crippen molar-refractivity contribution in [3.8, 4) is 0 Å². The highest BCUT2D eigenvalue weighted by atomic mass is 16.7. The summed E-state index contributed by atoms with van der Waals surface area (Å²) in [6, 6.07) is -0.828. The van der Waals surface area contributed by atoms with Crippen molar-refractivity contribution in [2.24, 2.45) is 0 Å². The molecule has 0 saturated carbocycles. The van der Waals surface area contributed by atoms with E-state index in [1.54, 1.807) is 0 Å². The van der Waals surface area contributed by atoms with E-state index in [9.17, 15) is 45.6 Å². The zero-order valence-corrected chi connectivity index (χ0v) is 42.2. The fourth-order valence-electron chi connectivity index (χ4n) is 9.22. The second-order valence-corrected chi connectivity index (χ2v) is 19.7. The number of hydrogen-bond donors (Lipinski definition) is 9. The summed E-state index contributed by atoms with van der Waals surface area (Å²) >= 11 is 0. The molecule has 2 aliphatic rings. The smallest absolute Gasteiger partial charge is 0.220 e. The number of aliphatic hydroxyl groups is 8. The lowest BCUT2D eigenvalue weighted by atomic mass is 9.97. The second-order valence-electron chi connectivity index (χ2n) is 19.7. The molecule has 9 N–H and O–H groups in total. The molecule has 67 heavy (non-hydrogen) atoms. The predicted octanol–water partition coefficient (Wildman–Crippen LogP) is 7.94. The molecule has 2 fully saturated rings. The predicted molar refractivity (Wildman–Crippen MR) is 263 cm³/mol. The third-order valence-corrected chi connectivity index (χ3v) is 13.7. The summed E-state index contributed by atoms with van der Waals surface area (Å²) in [5.74, 6) is -0.216. The molecule has 0 aromatic carbocycles. The summed E-state index contributed by atoms with van der Waals surface area (Å²) in [4.78, 5) is 13.2. The number of carbonyl (C=O) groups is 1. The van der Waals surface area contributed by atoms with Crippen molar-refractivity contribution >= 4 is 5.91 Å². The summed E-state index contributed by atoms with van der Waals surface area (Å²) in [5, 5.41) is 87.0. The largest absolute Gasteiger partial charge is 0.394 e. The molecule has 396 valence electrons. The third-order valence-electron chi connectivity index (χ3n) is 13.7. The van der Waals surface area contributed by atoms with Gasteiger partial charge in [-0.3, -0.25) is 4.79 Å². The Hall–Kier alpha value is -1.27. The Morgan fingerprint density at radius 3 is 1.46 bits per heavy atom. The minimum absolute atomic E-state index is 0.216. The van der Waals surface area contributed by atoms with Crippen molar-refractivity contribution < 1.29 is 64.6 Å². The Balaban J connectivity index is 1.76. The second kappa shape index (κ2) is 40.3. The number of nitrogens with one attached hydrogen (secondary N) is 1. The van der Waals surface area contributed by atoms with Gasteiger partial charge in [-0.2, -0.15) is 0 Å². The number of hydrogen-bond acceptors (Lipinski definition) is 13. The van der Waals surface area contributed by atoms with Crippen molar-refractivity contribution in [3.05, 3.63) is 12.2 Å². The average Bonchev–Trinajstić information content (AvgIpc) is 3.32. The molecule has 2 rings (SSSR count). The van der Waals surface area contributed by atoms with Crippen molar-refractivity contribution in [1.82, 2.24) is 5.32 Å². The number of aliphatic hydroxyl groups excluding tert-OH is 8. The van der Waals surface area contributed by atoms with Crippen molar-refractivity contribution in [3.63, 3.8) is 0 Å². The molecule has 14 heteroatoms. The first-order chi connectivity index (χ1) is 32.6. The van der Waals surface area contributed by atoms with Gasteiger partial charge in [-0.15, -0.1) is 0 Å². The van der Waals surface area contributed by atoms with Crippen LogP contribution in [0.5, 0.6) is 0 Å². The third kappa shape index (κ3) is 27.2. The molecule has 1 amide bonds. The van der Waals surface area contributed by atoms with Gasteiger partial charge in [0.1, 0.15) is 48.8 Å². The molecule has 2 aliphatic heterocycles. The fraction of sp³-hybridized carbons (Fsp3) is 0.943. The van der Waals surface area contributed by atoms with E-state index in [-0.39, 0.29) is 12.5 Å². The Kier molecular flexibility index (Phi) is 37.2. The van der Waals surface area contributed by atoms with Crippen LogP contribution in [0.2, 0.25) is 0 Å². The topological polar surface area (TPSA) is 228 Å². The van der Waals surface area contributed by atoms with Crippen molar-refractivity contribution in [1.29, 1.82) is 0 Å². The molecule has 2 heterocycles. The fourth-order valence-corrected chi connectivity index (χ4v) is 9.22. The molecular formula is C53H101NO13. The molecule has 2 saturated heterocycles. The summed E-state index contributed by atoms with van der Waals surface area (Å²) in [6.45, 7) is 2.82. The number of rotatable bonds is 43. The van der Waals surface area contributed by atoms with Crippen LogP contribution >= 0.6 is 0 Å². The molecular weight excluding hydrogens is 859 g/mol. The molecule has 0 aromatic heterocycles. The van der Waals surface area contributed by atoms with E-state index in [0.29, 0.717) is 19.3 Å². The van der Waals surface area contributed by atoms with Crippen molar-refractivity contribution in [2.75, 3.05) is 19.8 Å². The van der Waals surface area contributed by atoms with Crippen LogP contribution in [0, 0.1) is 0 Å². The molecule has 14 nitrogen and oxygen atoms in total. The monoisotopic (exact) mass is 960 g/mol. The zero-order valence-electron chi connectivity index (χ0n) is 42.2. The Labute approximate surface area is 406 Å². The van der Waals surface area contributed by atoms with Gasteiger partial charge in [0.05, 0.1) is 32.0 Å². The standard InChI is InChI=1S/C53H101NO13/c1-3-5-7-9-11-13-15-16-17-18-19-20-21-22-23-24-25-27-28-30-32-34-36-42(57)41(54-45(58)37-35-33-31-29-26-14-12-10-8-6-4-2)40-64-52-50(63)48(61)51(44(39-56)66-52)67-53-49(62)47(60)46(59)43(38-55)65-53/h10,12,41-44,46-53,55-57,59-63H,3-9,11,13-40H2,1-2H3,(H,54,58)/b12-10-. The first-order valence-electron chi connectivity index (χ1n) is 27.4. The molecule has 12 atom stereocenters. The lowest BCUT2D eigenvalue weighted by molar-refractivity contribution is -0.359. The van der Waals surface area contributed by atoms with E-state index in [1.165, 1.54) is 128 Å². The first kappa shape index (κ1) is 61.8. The van der Waals surface area contributed by atoms with Crippen LogP contribution < -0.4 is 5.32 Å². The molecule has 0 radical (unpaired) electrons. The average molecular weight is 960 g/mol. The summed E-state index contributed by atoms with van der Waals surface area (Å²) < 4.78 is 22.8. The van der Waals surface area contributed by atoms with E-state index < -0.39 is 86.8 Å². The van der Waals surface area contributed by atoms with E-state index in [1.807, 2.05) is 0 Å². The van der Waals surface area contributed by atoms with Crippen LogP contribution in [0.3, 0.4) is 0 Å². The number of allylic oxidation sites excluding steroid dienone is 2. The highest BCUT2D eigenvalue weighted by molar-refractivity contribution is 5.76. The van der Waals surface area contributed by atoms with Gasteiger partial charge in [0.15, 0.2) is 12.6 Å². The van der Waals surface area contributed by atoms with Crippen LogP contribution in [-0.2, 0) is 23.7 Å². The molecule has 12 unspecified atom stereocenters. The van der Waals surface area contributed by atoms with E-state index in [2.05, 4.69) is 31.3 Å². The number of carbonyl (C=O) groups excluding carboxylic acids is 1. The van der Waals surface area contributed by atoms with Gasteiger partial charge >= 0.3 is 0 Å². The number of unbranched alkanes of at least 4 members (excludes halogenated alkanes) is 28. The highest BCUT2D eigenvalue weighted by Crippen LogP contribution is 2.30. The maximum atomic E-state index is 13.2. The Morgan fingerprint density at radius 2 is 0.955 bits per heavy atom. The number of ether oxygens (including phenoxy) is 4. The van der Waals surface area contributed by atoms with Crippen LogP contribution in [0.25, 0.3) is 0 Å². The lowest BCUT2D eigenvalue weighted by Gasteiger charge is -2.46. The van der Waals surface area contributed by atoms with Crippen LogP contribution in [0.4, 0.5) is 0 Å². The number of amides is 1.